The molecule has 4 rings (SSSR count). The van der Waals surface area contributed by atoms with Gasteiger partial charge in [-0.15, -0.1) is 0 Å². The zero-order chi connectivity index (χ0) is 20.1. The van der Waals surface area contributed by atoms with Crippen molar-refractivity contribution in [2.24, 2.45) is 0 Å². The number of nitrogens with zero attached hydrogens (tertiary/aromatic N) is 2. The molecule has 148 valence electrons. The second-order valence-corrected chi connectivity index (χ2v) is 6.58. The Bertz CT molecular complexity index is 1070. The number of ether oxygens (including phenoxy) is 3. The Kier molecular flexibility index (Phi) is 5.52. The molecule has 0 spiro atoms. The molecule has 6 nitrogen and oxygen atoms in total. The van der Waals surface area contributed by atoms with E-state index in [-0.39, 0.29) is 0 Å². The molecule has 0 fully saturated rings. The van der Waals surface area contributed by atoms with Crippen molar-refractivity contribution in [3.8, 4) is 28.5 Å². The van der Waals surface area contributed by atoms with Crippen LogP contribution >= 0.6 is 0 Å². The lowest BCUT2D eigenvalue weighted by atomic mass is 10.1. The molecule has 0 atom stereocenters. The highest BCUT2D eigenvalue weighted by atomic mass is 16.5. The molecule has 0 amide bonds. The van der Waals surface area contributed by atoms with Gasteiger partial charge in [-0.25, -0.2) is 4.98 Å². The number of anilines is 1. The Hall–Kier alpha value is -3.67. The van der Waals surface area contributed by atoms with E-state index in [2.05, 4.69) is 0 Å². The van der Waals surface area contributed by atoms with Crippen molar-refractivity contribution in [3.63, 3.8) is 0 Å². The average molecular weight is 389 g/mol. The van der Waals surface area contributed by atoms with Crippen molar-refractivity contribution in [2.75, 3.05) is 26.1 Å². The Morgan fingerprint density at radius 1 is 0.897 bits per heavy atom. The standard InChI is InChI=1S/C23H23N3O3/c1-27-19-9-11-20(12-10-19)28-14-3-15-29-22-4-2-13-26-16-21(25-23(22)26)17-5-7-18(24)8-6-17/h2,4-13,16H,3,14-15,24H2,1H3. The van der Waals surface area contributed by atoms with Crippen LogP contribution in [0.3, 0.4) is 0 Å². The number of hydrogen-bond donors (Lipinski definition) is 1. The topological polar surface area (TPSA) is 71.0 Å². The van der Waals surface area contributed by atoms with E-state index in [0.29, 0.717) is 13.2 Å². The van der Waals surface area contributed by atoms with Crippen molar-refractivity contribution < 1.29 is 14.2 Å². The zero-order valence-electron chi connectivity index (χ0n) is 16.2. The highest BCUT2D eigenvalue weighted by Gasteiger charge is 2.09. The van der Waals surface area contributed by atoms with E-state index in [4.69, 9.17) is 24.9 Å². The van der Waals surface area contributed by atoms with Crippen LogP contribution in [-0.4, -0.2) is 29.7 Å². The van der Waals surface area contributed by atoms with Crippen molar-refractivity contribution in [1.29, 1.82) is 0 Å². The van der Waals surface area contributed by atoms with Crippen molar-refractivity contribution >= 4 is 11.3 Å². The second kappa shape index (κ2) is 8.56. The van der Waals surface area contributed by atoms with E-state index in [1.165, 1.54) is 0 Å². The maximum atomic E-state index is 5.96. The maximum Gasteiger partial charge on any atom is 0.180 e. The normalized spacial score (nSPS) is 10.8. The summed E-state index contributed by atoms with van der Waals surface area (Å²) >= 11 is 0. The van der Waals surface area contributed by atoms with Crippen LogP contribution in [0.1, 0.15) is 6.42 Å². The maximum absolute atomic E-state index is 5.96. The van der Waals surface area contributed by atoms with E-state index < -0.39 is 0 Å². The summed E-state index contributed by atoms with van der Waals surface area (Å²) in [4.78, 5) is 4.73. The van der Waals surface area contributed by atoms with Gasteiger partial charge in [0.25, 0.3) is 0 Å². The molecule has 0 radical (unpaired) electrons. The summed E-state index contributed by atoms with van der Waals surface area (Å²) in [7, 11) is 1.65. The number of rotatable bonds is 8. The number of benzene rings is 2. The molecule has 29 heavy (non-hydrogen) atoms. The van der Waals surface area contributed by atoms with Crippen LogP contribution in [-0.2, 0) is 0 Å². The Morgan fingerprint density at radius 3 is 2.38 bits per heavy atom. The molecule has 6 heteroatoms. The number of pyridine rings is 1. The summed E-state index contributed by atoms with van der Waals surface area (Å²) in [5.41, 5.74) is 9.19. The molecule has 0 aliphatic carbocycles. The molecular weight excluding hydrogens is 366 g/mol. The Balaban J connectivity index is 1.36. The van der Waals surface area contributed by atoms with Crippen LogP contribution in [0.15, 0.2) is 73.1 Å². The van der Waals surface area contributed by atoms with Gasteiger partial charge in [0.05, 0.1) is 26.0 Å². The minimum atomic E-state index is 0.542. The summed E-state index contributed by atoms with van der Waals surface area (Å²) < 4.78 is 18.8. The van der Waals surface area contributed by atoms with E-state index in [1.54, 1.807) is 7.11 Å². The first-order valence-electron chi connectivity index (χ1n) is 9.46. The van der Waals surface area contributed by atoms with E-state index in [9.17, 15) is 0 Å². The third kappa shape index (κ3) is 4.43. The lowest BCUT2D eigenvalue weighted by Gasteiger charge is -2.09. The van der Waals surface area contributed by atoms with Crippen molar-refractivity contribution in [3.05, 3.63) is 73.1 Å². The second-order valence-electron chi connectivity index (χ2n) is 6.58. The minimum Gasteiger partial charge on any atom is -0.497 e. The number of imidazole rings is 1. The van der Waals surface area contributed by atoms with Crippen LogP contribution in [0, 0.1) is 0 Å². The highest BCUT2D eigenvalue weighted by molar-refractivity contribution is 5.67. The van der Waals surface area contributed by atoms with Gasteiger partial charge >= 0.3 is 0 Å². The molecule has 0 aliphatic rings. The lowest BCUT2D eigenvalue weighted by Crippen LogP contribution is -2.05. The van der Waals surface area contributed by atoms with Gasteiger partial charge in [0, 0.05) is 30.1 Å². The number of fused-ring (bicyclic) bond motifs is 1. The molecule has 2 aromatic carbocycles. The molecule has 0 saturated heterocycles. The number of hydrogen-bond acceptors (Lipinski definition) is 5. The number of nitrogen functional groups attached to an aromatic ring is 1. The Morgan fingerprint density at radius 2 is 1.62 bits per heavy atom. The molecule has 0 unspecified atom stereocenters. The first-order valence-corrected chi connectivity index (χ1v) is 9.46. The smallest absolute Gasteiger partial charge is 0.180 e. The average Bonchev–Trinajstić information content (AvgIpc) is 3.19. The van der Waals surface area contributed by atoms with Crippen LogP contribution in [0.5, 0.6) is 17.2 Å². The first kappa shape index (κ1) is 18.7. The minimum absolute atomic E-state index is 0.542. The van der Waals surface area contributed by atoms with Gasteiger partial charge in [-0.1, -0.05) is 12.1 Å². The first-order chi connectivity index (χ1) is 14.2. The summed E-state index contributed by atoms with van der Waals surface area (Å²) in [6, 6.07) is 19.1. The predicted molar refractivity (Wildman–Crippen MR) is 114 cm³/mol. The molecule has 2 N–H and O–H groups in total. The summed E-state index contributed by atoms with van der Waals surface area (Å²) in [6.07, 6.45) is 4.71. The molecule has 2 aromatic heterocycles. The largest absolute Gasteiger partial charge is 0.497 e. The predicted octanol–water partition coefficient (Wildman–Crippen LogP) is 4.44. The van der Waals surface area contributed by atoms with Gasteiger partial charge in [0.15, 0.2) is 11.4 Å². The Labute approximate surface area is 169 Å². The third-order valence-corrected chi connectivity index (χ3v) is 4.53. The number of nitrogens with two attached hydrogens (primary N) is 1. The van der Waals surface area contributed by atoms with Crippen LogP contribution in [0.2, 0.25) is 0 Å². The van der Waals surface area contributed by atoms with Gasteiger partial charge in [0.1, 0.15) is 11.5 Å². The van der Waals surface area contributed by atoms with Gasteiger partial charge < -0.3 is 24.3 Å². The fraction of sp³-hybridized carbons (Fsp3) is 0.174. The summed E-state index contributed by atoms with van der Waals surface area (Å²) in [5, 5.41) is 0. The molecule has 0 saturated carbocycles. The lowest BCUT2D eigenvalue weighted by molar-refractivity contribution is 0.248. The van der Waals surface area contributed by atoms with Crippen LogP contribution in [0.25, 0.3) is 16.9 Å². The molecule has 0 bridgehead atoms. The zero-order valence-corrected chi connectivity index (χ0v) is 16.2. The fourth-order valence-corrected chi connectivity index (χ4v) is 3.00. The van der Waals surface area contributed by atoms with Crippen molar-refractivity contribution in [2.45, 2.75) is 6.42 Å². The third-order valence-electron chi connectivity index (χ3n) is 4.53. The SMILES string of the molecule is COc1ccc(OCCCOc2cccn3cc(-c4ccc(N)cc4)nc23)cc1. The fourth-order valence-electron chi connectivity index (χ4n) is 3.00. The molecule has 2 heterocycles. The van der Waals surface area contributed by atoms with E-state index in [0.717, 1.165) is 46.3 Å². The van der Waals surface area contributed by atoms with Gasteiger partial charge in [-0.3, -0.25) is 0 Å². The summed E-state index contributed by atoms with van der Waals surface area (Å²) in [5.74, 6) is 2.37. The number of aromatic nitrogens is 2. The molecule has 4 aromatic rings. The van der Waals surface area contributed by atoms with Gasteiger partial charge in [0.2, 0.25) is 0 Å². The van der Waals surface area contributed by atoms with Crippen LogP contribution < -0.4 is 19.9 Å². The van der Waals surface area contributed by atoms with Crippen LogP contribution in [0.4, 0.5) is 5.69 Å². The highest BCUT2D eigenvalue weighted by Crippen LogP contribution is 2.25. The quantitative estimate of drug-likeness (QED) is 0.356. The van der Waals surface area contributed by atoms with E-state index >= 15 is 0 Å². The molecule has 0 aliphatic heterocycles. The summed E-state index contributed by atoms with van der Waals surface area (Å²) in [6.45, 7) is 1.11. The van der Waals surface area contributed by atoms with Gasteiger partial charge in [-0.05, 0) is 48.5 Å². The van der Waals surface area contributed by atoms with Crippen molar-refractivity contribution in [1.82, 2.24) is 9.38 Å². The number of methoxy groups -OCH3 is 1. The van der Waals surface area contributed by atoms with Gasteiger partial charge in [-0.2, -0.15) is 0 Å². The van der Waals surface area contributed by atoms with E-state index in [1.807, 2.05) is 77.5 Å². The molecular formula is C23H23N3O3. The monoisotopic (exact) mass is 389 g/mol.